The van der Waals surface area contributed by atoms with E-state index in [4.69, 9.17) is 4.74 Å². The molecule has 0 aromatic carbocycles. The number of ether oxygens (including phenoxy) is 1. The van der Waals surface area contributed by atoms with E-state index in [0.717, 1.165) is 11.8 Å². The molecule has 4 fully saturated rings. The van der Waals surface area contributed by atoms with Crippen molar-refractivity contribution in [3.8, 4) is 0 Å². The van der Waals surface area contributed by atoms with Crippen molar-refractivity contribution < 1.29 is 19.7 Å². The van der Waals surface area contributed by atoms with Crippen molar-refractivity contribution in [2.45, 2.75) is 63.8 Å². The Morgan fingerprint density at radius 3 is 1.95 bits per heavy atom. The first-order valence-corrected chi connectivity index (χ1v) is 7.45. The van der Waals surface area contributed by atoms with Crippen molar-refractivity contribution in [1.82, 2.24) is 0 Å². The predicted octanol–water partition coefficient (Wildman–Crippen LogP) is 2.05. The van der Waals surface area contributed by atoms with Gasteiger partial charge >= 0.3 is 5.97 Å². The number of carbonyl (C=O) groups is 1. The lowest BCUT2D eigenvalue weighted by atomic mass is 9.55. The van der Waals surface area contributed by atoms with Crippen molar-refractivity contribution in [3.63, 3.8) is 0 Å². The molecule has 4 saturated carbocycles. The highest BCUT2D eigenvalue weighted by atomic mass is 16.5. The summed E-state index contributed by atoms with van der Waals surface area (Å²) >= 11 is 0. The molecule has 0 spiro atoms. The van der Waals surface area contributed by atoms with Gasteiger partial charge < -0.3 is 14.9 Å². The van der Waals surface area contributed by atoms with Crippen LogP contribution in [0.3, 0.4) is 0 Å². The Balaban J connectivity index is 1.74. The van der Waals surface area contributed by atoms with Crippen LogP contribution in [0.1, 0.15) is 46.0 Å². The summed E-state index contributed by atoms with van der Waals surface area (Å²) < 4.78 is 5.90. The second-order valence-electron chi connectivity index (χ2n) is 7.40. The Morgan fingerprint density at radius 1 is 1.11 bits per heavy atom. The van der Waals surface area contributed by atoms with Gasteiger partial charge in [-0.3, -0.25) is 0 Å². The zero-order valence-electron chi connectivity index (χ0n) is 11.7. The van der Waals surface area contributed by atoms with Gasteiger partial charge in [0.1, 0.15) is 0 Å². The Hall–Kier alpha value is -0.610. The number of hydrogen-bond acceptors (Lipinski definition) is 3. The molecule has 2 N–H and O–H groups in total. The van der Waals surface area contributed by atoms with E-state index in [-0.39, 0.29) is 6.10 Å². The standard InChI is InChI=1S/C15H24O4/c1-15(2,18)13(14(16)17)19-12-10-4-8-3-9(6-10)7-11(12)5-8/h8-13,18H,3-7H2,1-2H3,(H,16,17). The topological polar surface area (TPSA) is 66.8 Å². The molecule has 108 valence electrons. The van der Waals surface area contributed by atoms with E-state index in [2.05, 4.69) is 0 Å². The molecule has 0 aromatic rings. The van der Waals surface area contributed by atoms with E-state index in [0.29, 0.717) is 11.8 Å². The first-order chi connectivity index (χ1) is 8.84. The van der Waals surface area contributed by atoms with Gasteiger partial charge in [0.15, 0.2) is 6.10 Å². The second kappa shape index (κ2) is 4.45. The monoisotopic (exact) mass is 268 g/mol. The molecule has 1 atom stereocenters. The van der Waals surface area contributed by atoms with Crippen LogP contribution in [0.5, 0.6) is 0 Å². The zero-order valence-corrected chi connectivity index (χ0v) is 11.7. The molecule has 0 radical (unpaired) electrons. The number of carboxylic acid groups (broad SMARTS) is 1. The van der Waals surface area contributed by atoms with E-state index in [9.17, 15) is 15.0 Å². The van der Waals surface area contributed by atoms with Crippen molar-refractivity contribution in [2.75, 3.05) is 0 Å². The fourth-order valence-corrected chi connectivity index (χ4v) is 4.78. The van der Waals surface area contributed by atoms with E-state index < -0.39 is 17.7 Å². The lowest BCUT2D eigenvalue weighted by Gasteiger charge is -2.54. The minimum atomic E-state index is -1.33. The molecular formula is C15H24O4. The van der Waals surface area contributed by atoms with Gasteiger partial charge in [-0.1, -0.05) is 0 Å². The fourth-order valence-electron chi connectivity index (χ4n) is 4.78. The number of aliphatic carboxylic acids is 1. The Morgan fingerprint density at radius 2 is 1.58 bits per heavy atom. The van der Waals surface area contributed by atoms with Gasteiger partial charge in [-0.25, -0.2) is 4.79 Å². The molecular weight excluding hydrogens is 244 g/mol. The normalized spacial score (nSPS) is 42.4. The highest BCUT2D eigenvalue weighted by Crippen LogP contribution is 2.55. The van der Waals surface area contributed by atoms with Crippen LogP contribution in [-0.2, 0) is 9.53 Å². The fraction of sp³-hybridized carbons (Fsp3) is 0.933. The van der Waals surface area contributed by atoms with E-state index in [1.807, 2.05) is 0 Å². The first kappa shape index (κ1) is 13.4. The van der Waals surface area contributed by atoms with Crippen LogP contribution in [0.25, 0.3) is 0 Å². The smallest absolute Gasteiger partial charge is 0.335 e. The van der Waals surface area contributed by atoms with E-state index >= 15 is 0 Å². The Bertz CT molecular complexity index is 343. The molecule has 4 nitrogen and oxygen atoms in total. The number of rotatable bonds is 4. The third kappa shape index (κ3) is 2.40. The highest BCUT2D eigenvalue weighted by molar-refractivity contribution is 5.73. The molecule has 4 rings (SSSR count). The summed E-state index contributed by atoms with van der Waals surface area (Å²) in [5.41, 5.74) is -1.33. The Kier molecular flexibility index (Phi) is 3.13. The van der Waals surface area contributed by atoms with E-state index in [1.54, 1.807) is 0 Å². The van der Waals surface area contributed by atoms with Crippen molar-refractivity contribution in [3.05, 3.63) is 0 Å². The summed E-state index contributed by atoms with van der Waals surface area (Å²) in [6, 6.07) is 0. The van der Waals surface area contributed by atoms with Crippen LogP contribution in [0, 0.1) is 23.7 Å². The summed E-state index contributed by atoms with van der Waals surface area (Å²) in [6.07, 6.45) is 5.06. The number of hydrogen-bond donors (Lipinski definition) is 2. The van der Waals surface area contributed by atoms with Crippen LogP contribution in [0.4, 0.5) is 0 Å². The molecule has 19 heavy (non-hydrogen) atoms. The summed E-state index contributed by atoms with van der Waals surface area (Å²) in [5.74, 6) is 1.66. The minimum Gasteiger partial charge on any atom is -0.479 e. The number of carboxylic acids is 1. The van der Waals surface area contributed by atoms with Crippen LogP contribution >= 0.6 is 0 Å². The van der Waals surface area contributed by atoms with Gasteiger partial charge in [0, 0.05) is 0 Å². The zero-order chi connectivity index (χ0) is 13.8. The van der Waals surface area contributed by atoms with Crippen molar-refractivity contribution in [1.29, 1.82) is 0 Å². The molecule has 0 amide bonds. The average Bonchev–Trinajstić information content (AvgIpc) is 2.24. The predicted molar refractivity (Wildman–Crippen MR) is 69.6 cm³/mol. The molecule has 0 heterocycles. The van der Waals surface area contributed by atoms with Gasteiger partial charge in [0.2, 0.25) is 0 Å². The maximum Gasteiger partial charge on any atom is 0.335 e. The van der Waals surface area contributed by atoms with Gasteiger partial charge in [0.05, 0.1) is 11.7 Å². The van der Waals surface area contributed by atoms with Crippen LogP contribution in [0.2, 0.25) is 0 Å². The largest absolute Gasteiger partial charge is 0.479 e. The SMILES string of the molecule is CC(C)(O)C(OC1C2CC3CC(C2)CC1C3)C(=O)O. The van der Waals surface area contributed by atoms with Crippen molar-refractivity contribution >= 4 is 5.97 Å². The first-order valence-electron chi connectivity index (χ1n) is 7.45. The van der Waals surface area contributed by atoms with E-state index in [1.165, 1.54) is 46.0 Å². The maximum absolute atomic E-state index is 11.3. The van der Waals surface area contributed by atoms with Gasteiger partial charge in [-0.15, -0.1) is 0 Å². The van der Waals surface area contributed by atoms with Crippen LogP contribution in [-0.4, -0.2) is 34.0 Å². The summed E-state index contributed by atoms with van der Waals surface area (Å²) in [4.78, 5) is 11.3. The third-order valence-electron chi connectivity index (χ3n) is 5.30. The molecule has 4 aliphatic rings. The van der Waals surface area contributed by atoms with Crippen LogP contribution in [0.15, 0.2) is 0 Å². The minimum absolute atomic E-state index is 0.0420. The molecule has 0 aliphatic heterocycles. The van der Waals surface area contributed by atoms with Gasteiger partial charge in [-0.05, 0) is 69.6 Å². The molecule has 0 saturated heterocycles. The second-order valence-corrected chi connectivity index (χ2v) is 7.40. The van der Waals surface area contributed by atoms with Crippen LogP contribution < -0.4 is 0 Å². The Labute approximate surface area is 114 Å². The third-order valence-corrected chi connectivity index (χ3v) is 5.30. The summed E-state index contributed by atoms with van der Waals surface area (Å²) in [7, 11) is 0. The molecule has 1 unspecified atom stereocenters. The highest BCUT2D eigenvalue weighted by Gasteiger charge is 2.51. The van der Waals surface area contributed by atoms with Gasteiger partial charge in [-0.2, -0.15) is 0 Å². The summed E-state index contributed by atoms with van der Waals surface area (Å²) in [6.45, 7) is 3.03. The molecule has 4 heteroatoms. The number of aliphatic hydroxyl groups is 1. The maximum atomic E-state index is 11.3. The van der Waals surface area contributed by atoms with Crippen molar-refractivity contribution in [2.24, 2.45) is 23.7 Å². The molecule has 4 bridgehead atoms. The summed E-state index contributed by atoms with van der Waals surface area (Å²) in [5, 5.41) is 19.3. The lowest BCUT2D eigenvalue weighted by molar-refractivity contribution is -0.204. The molecule has 0 aromatic heterocycles. The lowest BCUT2D eigenvalue weighted by Crippen LogP contribution is -2.54. The quantitative estimate of drug-likeness (QED) is 0.819. The molecule has 4 aliphatic carbocycles. The van der Waals surface area contributed by atoms with Gasteiger partial charge in [0.25, 0.3) is 0 Å². The average molecular weight is 268 g/mol.